The first-order chi connectivity index (χ1) is 10.6. The van der Waals surface area contributed by atoms with E-state index in [2.05, 4.69) is 10.3 Å². The SMILES string of the molecule is CC[C@@]1(C)Oc2ccc(NC(=O)CCc3cscn3)cc2O1. The minimum absolute atomic E-state index is 0.0369. The number of fused-ring (bicyclic) bond motifs is 1. The number of aromatic nitrogens is 1. The van der Waals surface area contributed by atoms with Crippen LogP contribution in [-0.2, 0) is 11.2 Å². The molecule has 22 heavy (non-hydrogen) atoms. The monoisotopic (exact) mass is 318 g/mol. The molecule has 6 heteroatoms. The summed E-state index contributed by atoms with van der Waals surface area (Å²) in [6, 6.07) is 5.45. The van der Waals surface area contributed by atoms with Gasteiger partial charge in [0.25, 0.3) is 0 Å². The second-order valence-electron chi connectivity index (χ2n) is 5.38. The highest BCUT2D eigenvalue weighted by molar-refractivity contribution is 7.07. The molecule has 2 heterocycles. The second-order valence-corrected chi connectivity index (χ2v) is 6.10. The summed E-state index contributed by atoms with van der Waals surface area (Å²) < 4.78 is 11.6. The van der Waals surface area contributed by atoms with Crippen LogP contribution in [0.5, 0.6) is 11.5 Å². The van der Waals surface area contributed by atoms with Gasteiger partial charge in [-0.1, -0.05) is 6.92 Å². The molecule has 0 bridgehead atoms. The number of thiazole rings is 1. The fourth-order valence-electron chi connectivity index (χ4n) is 2.21. The van der Waals surface area contributed by atoms with Crippen LogP contribution < -0.4 is 14.8 Å². The first-order valence-corrected chi connectivity index (χ1v) is 8.21. The topological polar surface area (TPSA) is 60.5 Å². The zero-order chi connectivity index (χ0) is 15.6. The average molecular weight is 318 g/mol. The van der Waals surface area contributed by atoms with E-state index in [9.17, 15) is 4.79 Å². The summed E-state index contributed by atoms with van der Waals surface area (Å²) in [6.07, 6.45) is 1.80. The van der Waals surface area contributed by atoms with E-state index < -0.39 is 5.79 Å². The van der Waals surface area contributed by atoms with Gasteiger partial charge in [0.15, 0.2) is 11.5 Å². The van der Waals surface area contributed by atoms with Crippen LogP contribution in [0.25, 0.3) is 0 Å². The van der Waals surface area contributed by atoms with Gasteiger partial charge in [0.1, 0.15) is 0 Å². The van der Waals surface area contributed by atoms with Crippen LogP contribution in [0.3, 0.4) is 0 Å². The van der Waals surface area contributed by atoms with E-state index in [0.29, 0.717) is 30.0 Å². The van der Waals surface area contributed by atoms with Gasteiger partial charge in [0.2, 0.25) is 11.7 Å². The van der Waals surface area contributed by atoms with Crippen molar-refractivity contribution in [3.63, 3.8) is 0 Å². The molecule has 116 valence electrons. The van der Waals surface area contributed by atoms with E-state index in [-0.39, 0.29) is 5.91 Å². The van der Waals surface area contributed by atoms with Gasteiger partial charge in [0.05, 0.1) is 11.2 Å². The predicted octanol–water partition coefficient (Wildman–Crippen LogP) is 3.61. The van der Waals surface area contributed by atoms with Crippen molar-refractivity contribution in [2.45, 2.75) is 38.9 Å². The number of nitrogens with one attached hydrogen (secondary N) is 1. The molecule has 1 amide bonds. The van der Waals surface area contributed by atoms with E-state index in [1.54, 1.807) is 11.6 Å². The summed E-state index contributed by atoms with van der Waals surface area (Å²) in [7, 11) is 0. The smallest absolute Gasteiger partial charge is 0.248 e. The fraction of sp³-hybridized carbons (Fsp3) is 0.375. The van der Waals surface area contributed by atoms with Crippen molar-refractivity contribution in [2.24, 2.45) is 0 Å². The maximum Gasteiger partial charge on any atom is 0.248 e. The summed E-state index contributed by atoms with van der Waals surface area (Å²) in [5, 5.41) is 4.84. The number of hydrogen-bond donors (Lipinski definition) is 1. The second kappa shape index (κ2) is 5.96. The van der Waals surface area contributed by atoms with Gasteiger partial charge in [-0.15, -0.1) is 11.3 Å². The Kier molecular flexibility index (Phi) is 4.02. The largest absolute Gasteiger partial charge is 0.449 e. The molecule has 2 aromatic rings. The van der Waals surface area contributed by atoms with Crippen molar-refractivity contribution in [2.75, 3.05) is 5.32 Å². The van der Waals surface area contributed by atoms with E-state index in [4.69, 9.17) is 9.47 Å². The number of benzene rings is 1. The molecule has 3 rings (SSSR count). The van der Waals surface area contributed by atoms with Crippen LogP contribution >= 0.6 is 11.3 Å². The Balaban J connectivity index is 1.60. The normalized spacial score (nSPS) is 19.2. The molecule has 0 radical (unpaired) electrons. The predicted molar refractivity (Wildman–Crippen MR) is 85.5 cm³/mol. The van der Waals surface area contributed by atoms with Gasteiger partial charge in [0, 0.05) is 36.9 Å². The number of anilines is 1. The minimum atomic E-state index is -0.615. The first kappa shape index (κ1) is 14.8. The summed E-state index contributed by atoms with van der Waals surface area (Å²) in [4.78, 5) is 16.2. The van der Waals surface area contributed by atoms with Crippen molar-refractivity contribution in [1.82, 2.24) is 4.98 Å². The maximum absolute atomic E-state index is 12.0. The van der Waals surface area contributed by atoms with Crippen LogP contribution in [-0.4, -0.2) is 16.7 Å². The molecule has 0 aliphatic carbocycles. The molecule has 0 unspecified atom stereocenters. The maximum atomic E-state index is 12.0. The Morgan fingerprint density at radius 3 is 2.91 bits per heavy atom. The lowest BCUT2D eigenvalue weighted by Crippen LogP contribution is -2.33. The number of amides is 1. The fourth-order valence-corrected chi connectivity index (χ4v) is 2.80. The van der Waals surface area contributed by atoms with E-state index in [1.807, 2.05) is 31.4 Å². The van der Waals surface area contributed by atoms with Crippen LogP contribution in [0.1, 0.15) is 32.4 Å². The quantitative estimate of drug-likeness (QED) is 0.915. The molecular formula is C16H18N2O3S. The number of carbonyl (C=O) groups is 1. The Labute approximate surface area is 133 Å². The van der Waals surface area contributed by atoms with Gasteiger partial charge >= 0.3 is 0 Å². The van der Waals surface area contributed by atoms with Crippen LogP contribution in [0.4, 0.5) is 5.69 Å². The van der Waals surface area contributed by atoms with Crippen LogP contribution in [0.2, 0.25) is 0 Å². The van der Waals surface area contributed by atoms with Crippen LogP contribution in [0.15, 0.2) is 29.1 Å². The highest BCUT2D eigenvalue weighted by Gasteiger charge is 2.34. The molecule has 0 spiro atoms. The molecule has 1 atom stereocenters. The van der Waals surface area contributed by atoms with Crippen molar-refractivity contribution < 1.29 is 14.3 Å². The lowest BCUT2D eigenvalue weighted by Gasteiger charge is -2.20. The molecule has 1 aromatic carbocycles. The Morgan fingerprint density at radius 2 is 2.18 bits per heavy atom. The molecule has 1 aliphatic heterocycles. The van der Waals surface area contributed by atoms with Crippen molar-refractivity contribution in [3.8, 4) is 11.5 Å². The number of carbonyl (C=O) groups excluding carboxylic acids is 1. The third-order valence-electron chi connectivity index (χ3n) is 3.61. The summed E-state index contributed by atoms with van der Waals surface area (Å²) in [6.45, 7) is 3.91. The number of nitrogens with zero attached hydrogens (tertiary/aromatic N) is 1. The van der Waals surface area contributed by atoms with Gasteiger partial charge in [-0.25, -0.2) is 4.98 Å². The lowest BCUT2D eigenvalue weighted by atomic mass is 10.2. The van der Waals surface area contributed by atoms with Gasteiger partial charge in [-0.05, 0) is 18.6 Å². The van der Waals surface area contributed by atoms with Gasteiger partial charge in [-0.3, -0.25) is 4.79 Å². The molecule has 1 aromatic heterocycles. The number of aryl methyl sites for hydroxylation is 1. The molecule has 0 fully saturated rings. The standard InChI is InChI=1S/C16H18N2O3S/c1-3-16(2)20-13-6-4-11(8-14(13)21-16)18-15(19)7-5-12-9-22-10-17-12/h4,6,8-10H,3,5,7H2,1-2H3,(H,18,19)/t16-/m0/s1. The molecule has 5 nitrogen and oxygen atoms in total. The molecular weight excluding hydrogens is 300 g/mol. The van der Waals surface area contributed by atoms with Crippen molar-refractivity contribution in [3.05, 3.63) is 34.8 Å². The summed E-state index contributed by atoms with van der Waals surface area (Å²) in [5.41, 5.74) is 3.44. The zero-order valence-electron chi connectivity index (χ0n) is 12.6. The van der Waals surface area contributed by atoms with Gasteiger partial charge < -0.3 is 14.8 Å². The highest BCUT2D eigenvalue weighted by atomic mass is 32.1. The van der Waals surface area contributed by atoms with Crippen molar-refractivity contribution >= 4 is 22.9 Å². The summed E-state index contributed by atoms with van der Waals surface area (Å²) >= 11 is 1.54. The number of ether oxygens (including phenoxy) is 2. The molecule has 0 saturated carbocycles. The summed E-state index contributed by atoms with van der Waals surface area (Å²) in [5.74, 6) is 0.729. The Morgan fingerprint density at radius 1 is 1.36 bits per heavy atom. The minimum Gasteiger partial charge on any atom is -0.449 e. The number of hydrogen-bond acceptors (Lipinski definition) is 5. The molecule has 1 aliphatic rings. The van der Waals surface area contributed by atoms with Crippen molar-refractivity contribution in [1.29, 1.82) is 0 Å². The van der Waals surface area contributed by atoms with Gasteiger partial charge in [-0.2, -0.15) is 0 Å². The Hall–Kier alpha value is -2.08. The third-order valence-corrected chi connectivity index (χ3v) is 4.25. The van der Waals surface area contributed by atoms with Crippen LogP contribution in [0, 0.1) is 0 Å². The molecule has 1 N–H and O–H groups in total. The lowest BCUT2D eigenvalue weighted by molar-refractivity contribution is -0.116. The third kappa shape index (κ3) is 3.22. The molecule has 0 saturated heterocycles. The van der Waals surface area contributed by atoms with E-state index >= 15 is 0 Å². The Bertz CT molecular complexity index is 672. The van der Waals surface area contributed by atoms with E-state index in [1.165, 1.54) is 11.3 Å². The average Bonchev–Trinajstić information content (AvgIpc) is 3.12. The highest BCUT2D eigenvalue weighted by Crippen LogP contribution is 2.42. The first-order valence-electron chi connectivity index (χ1n) is 7.27. The zero-order valence-corrected chi connectivity index (χ0v) is 13.4. The van der Waals surface area contributed by atoms with E-state index in [0.717, 1.165) is 12.1 Å². The number of rotatable bonds is 5.